The van der Waals surface area contributed by atoms with Gasteiger partial charge in [0.2, 0.25) is 0 Å². The van der Waals surface area contributed by atoms with Gasteiger partial charge in [0.15, 0.2) is 0 Å². The highest BCUT2D eigenvalue weighted by molar-refractivity contribution is 5.86. The fraction of sp³-hybridized carbons (Fsp3) is 0.250. The van der Waals surface area contributed by atoms with Crippen molar-refractivity contribution in [2.45, 2.75) is 6.42 Å². The first-order chi connectivity index (χ1) is 7.74. The van der Waals surface area contributed by atoms with Crippen LogP contribution < -0.4 is 4.74 Å². The number of fused-ring (bicyclic) bond motifs is 1. The molecule has 0 unspecified atom stereocenters. The summed E-state index contributed by atoms with van der Waals surface area (Å²) in [5.74, 6) is 0.450. The Balaban J connectivity index is 2.41. The number of ether oxygens (including phenoxy) is 2. The lowest BCUT2D eigenvalue weighted by atomic mass is 10.1. The Bertz CT molecular complexity index is 513. The normalized spacial score (nSPS) is 10.4. The largest absolute Gasteiger partial charge is 0.497 e. The standard InChI is InChI=1S/C12H12O4/c1-14-9-3-4-11-10(6-9)8(7-16-11)5-12(13)15-2/h3-4,6-7H,5H2,1-2H3. The highest BCUT2D eigenvalue weighted by atomic mass is 16.5. The van der Waals surface area contributed by atoms with E-state index in [-0.39, 0.29) is 12.4 Å². The fourth-order valence-electron chi connectivity index (χ4n) is 1.55. The van der Waals surface area contributed by atoms with Crippen molar-refractivity contribution in [3.05, 3.63) is 30.0 Å². The molecule has 0 amide bonds. The van der Waals surface area contributed by atoms with E-state index >= 15 is 0 Å². The molecule has 0 saturated heterocycles. The number of methoxy groups -OCH3 is 2. The van der Waals surface area contributed by atoms with Crippen LogP contribution in [0.5, 0.6) is 5.75 Å². The molecule has 0 spiro atoms. The van der Waals surface area contributed by atoms with Gasteiger partial charge in [-0.3, -0.25) is 4.79 Å². The molecule has 2 aromatic rings. The molecule has 0 aliphatic carbocycles. The van der Waals surface area contributed by atoms with E-state index in [0.29, 0.717) is 0 Å². The molecule has 0 aliphatic rings. The monoisotopic (exact) mass is 220 g/mol. The number of furan rings is 1. The molecule has 4 nitrogen and oxygen atoms in total. The summed E-state index contributed by atoms with van der Waals surface area (Å²) in [7, 11) is 2.96. The van der Waals surface area contributed by atoms with Crippen molar-refractivity contribution in [1.82, 2.24) is 0 Å². The smallest absolute Gasteiger partial charge is 0.310 e. The number of carbonyl (C=O) groups is 1. The van der Waals surface area contributed by atoms with Crippen LogP contribution in [0.2, 0.25) is 0 Å². The number of hydrogen-bond acceptors (Lipinski definition) is 4. The van der Waals surface area contributed by atoms with E-state index in [9.17, 15) is 4.79 Å². The molecular formula is C12H12O4. The number of carbonyl (C=O) groups excluding carboxylic acids is 1. The molecule has 0 aliphatic heterocycles. The van der Waals surface area contributed by atoms with Crippen molar-refractivity contribution >= 4 is 16.9 Å². The van der Waals surface area contributed by atoms with Gasteiger partial charge in [-0.25, -0.2) is 0 Å². The number of rotatable bonds is 3. The average molecular weight is 220 g/mol. The molecule has 84 valence electrons. The van der Waals surface area contributed by atoms with E-state index in [1.54, 1.807) is 13.4 Å². The predicted molar refractivity (Wildman–Crippen MR) is 58.5 cm³/mol. The van der Waals surface area contributed by atoms with Crippen molar-refractivity contribution in [3.63, 3.8) is 0 Å². The molecule has 1 aromatic carbocycles. The molecule has 0 N–H and O–H groups in total. The van der Waals surface area contributed by atoms with E-state index in [1.807, 2.05) is 18.2 Å². The van der Waals surface area contributed by atoms with Crippen LogP contribution >= 0.6 is 0 Å². The Kier molecular flexibility index (Phi) is 2.81. The summed E-state index contributed by atoms with van der Waals surface area (Å²) in [5.41, 5.74) is 1.54. The summed E-state index contributed by atoms with van der Waals surface area (Å²) in [6.07, 6.45) is 1.78. The first kappa shape index (κ1) is 10.5. The van der Waals surface area contributed by atoms with Gasteiger partial charge in [-0.15, -0.1) is 0 Å². The minimum atomic E-state index is -0.287. The highest BCUT2D eigenvalue weighted by Gasteiger charge is 2.11. The molecule has 0 fully saturated rings. The molecule has 0 bridgehead atoms. The summed E-state index contributed by atoms with van der Waals surface area (Å²) >= 11 is 0. The van der Waals surface area contributed by atoms with Crippen molar-refractivity contribution in [2.75, 3.05) is 14.2 Å². The molecule has 2 rings (SSSR count). The second-order valence-electron chi connectivity index (χ2n) is 3.38. The van der Waals surface area contributed by atoms with E-state index in [2.05, 4.69) is 4.74 Å². The first-order valence-electron chi connectivity index (χ1n) is 4.85. The third-order valence-electron chi connectivity index (χ3n) is 2.42. The molecule has 0 atom stereocenters. The Hall–Kier alpha value is -1.97. The lowest BCUT2D eigenvalue weighted by Gasteiger charge is -2.00. The van der Waals surface area contributed by atoms with Crippen LogP contribution in [0.15, 0.2) is 28.9 Å². The lowest BCUT2D eigenvalue weighted by molar-refractivity contribution is -0.139. The molecule has 16 heavy (non-hydrogen) atoms. The molecule has 0 saturated carbocycles. The zero-order chi connectivity index (χ0) is 11.5. The lowest BCUT2D eigenvalue weighted by Crippen LogP contribution is -2.03. The molecule has 0 radical (unpaired) electrons. The Morgan fingerprint density at radius 3 is 2.88 bits per heavy atom. The van der Waals surface area contributed by atoms with Gasteiger partial charge in [-0.05, 0) is 18.2 Å². The Morgan fingerprint density at radius 1 is 1.38 bits per heavy atom. The van der Waals surface area contributed by atoms with Crippen molar-refractivity contribution < 1.29 is 18.7 Å². The Labute approximate surface area is 92.8 Å². The second-order valence-corrected chi connectivity index (χ2v) is 3.38. The molecule has 4 heteroatoms. The maximum absolute atomic E-state index is 11.2. The van der Waals surface area contributed by atoms with Gasteiger partial charge >= 0.3 is 5.97 Å². The maximum atomic E-state index is 11.2. The minimum Gasteiger partial charge on any atom is -0.497 e. The van der Waals surface area contributed by atoms with Gasteiger partial charge < -0.3 is 13.9 Å². The van der Waals surface area contributed by atoms with Gasteiger partial charge in [0, 0.05) is 10.9 Å². The van der Waals surface area contributed by atoms with Crippen LogP contribution in [0.1, 0.15) is 5.56 Å². The third kappa shape index (κ3) is 1.86. The van der Waals surface area contributed by atoms with Crippen LogP contribution in [0.4, 0.5) is 0 Å². The molecule has 1 heterocycles. The summed E-state index contributed by atoms with van der Waals surface area (Å²) in [6, 6.07) is 5.47. The van der Waals surface area contributed by atoms with Gasteiger partial charge in [0.25, 0.3) is 0 Å². The fourth-order valence-corrected chi connectivity index (χ4v) is 1.55. The zero-order valence-corrected chi connectivity index (χ0v) is 9.15. The topological polar surface area (TPSA) is 48.7 Å². The van der Waals surface area contributed by atoms with Crippen LogP contribution in [-0.4, -0.2) is 20.2 Å². The number of hydrogen-bond donors (Lipinski definition) is 0. The second kappa shape index (κ2) is 4.26. The van der Waals surface area contributed by atoms with Crippen molar-refractivity contribution in [1.29, 1.82) is 0 Å². The third-order valence-corrected chi connectivity index (χ3v) is 2.42. The van der Waals surface area contributed by atoms with Crippen molar-refractivity contribution in [3.8, 4) is 5.75 Å². The molecule has 1 aromatic heterocycles. The van der Waals surface area contributed by atoms with Crippen LogP contribution in [0, 0.1) is 0 Å². The summed E-state index contributed by atoms with van der Waals surface area (Å²) in [4.78, 5) is 11.2. The highest BCUT2D eigenvalue weighted by Crippen LogP contribution is 2.26. The van der Waals surface area contributed by atoms with E-state index in [0.717, 1.165) is 22.3 Å². The number of benzene rings is 1. The van der Waals surface area contributed by atoms with Crippen LogP contribution in [0.25, 0.3) is 11.0 Å². The SMILES string of the molecule is COC(=O)Cc1coc2ccc(OC)cc12. The zero-order valence-electron chi connectivity index (χ0n) is 9.15. The van der Waals surface area contributed by atoms with E-state index in [4.69, 9.17) is 9.15 Å². The van der Waals surface area contributed by atoms with Gasteiger partial charge in [-0.1, -0.05) is 0 Å². The van der Waals surface area contributed by atoms with Gasteiger partial charge in [-0.2, -0.15) is 0 Å². The maximum Gasteiger partial charge on any atom is 0.310 e. The van der Waals surface area contributed by atoms with Gasteiger partial charge in [0.05, 0.1) is 26.9 Å². The number of esters is 1. The average Bonchev–Trinajstić information content (AvgIpc) is 2.71. The van der Waals surface area contributed by atoms with Crippen molar-refractivity contribution in [2.24, 2.45) is 0 Å². The first-order valence-corrected chi connectivity index (χ1v) is 4.85. The van der Waals surface area contributed by atoms with E-state index in [1.165, 1.54) is 7.11 Å². The quantitative estimate of drug-likeness (QED) is 0.744. The summed E-state index contributed by atoms with van der Waals surface area (Å²) in [5, 5.41) is 0.879. The van der Waals surface area contributed by atoms with Crippen LogP contribution in [0.3, 0.4) is 0 Å². The predicted octanol–water partition coefficient (Wildman–Crippen LogP) is 2.16. The van der Waals surface area contributed by atoms with Crippen LogP contribution in [-0.2, 0) is 16.0 Å². The summed E-state index contributed by atoms with van der Waals surface area (Å²) in [6.45, 7) is 0. The Morgan fingerprint density at radius 2 is 2.19 bits per heavy atom. The summed E-state index contributed by atoms with van der Waals surface area (Å²) < 4.78 is 15.1. The van der Waals surface area contributed by atoms with E-state index < -0.39 is 0 Å². The van der Waals surface area contributed by atoms with Gasteiger partial charge in [0.1, 0.15) is 11.3 Å². The minimum absolute atomic E-state index is 0.205. The molecular weight excluding hydrogens is 208 g/mol.